The molecule has 22 heavy (non-hydrogen) atoms. The maximum Gasteiger partial charge on any atom is 0.254 e. The molecule has 1 aromatic carbocycles. The number of piperazine rings is 1. The van der Waals surface area contributed by atoms with Crippen LogP contribution in [0.2, 0.25) is 0 Å². The Hall–Kier alpha value is -1.27. The Morgan fingerprint density at radius 1 is 1.50 bits per heavy atom. The molecule has 1 heterocycles. The van der Waals surface area contributed by atoms with Crippen molar-refractivity contribution >= 4 is 21.8 Å². The maximum absolute atomic E-state index is 12.7. The predicted molar refractivity (Wildman–Crippen MR) is 89.8 cm³/mol. The number of rotatable bonds is 5. The van der Waals surface area contributed by atoms with Crippen LogP contribution in [0.3, 0.4) is 0 Å². The molecule has 1 atom stereocenters. The van der Waals surface area contributed by atoms with Crippen LogP contribution in [-0.2, 0) is 0 Å². The first kappa shape index (κ1) is 17.1. The standard InChI is InChI=1S/C16H23BrN2O3/c1-4-7-22-15-13(17)8-12(9-14(15)21-3)16(20)19-6-5-18-11(2)10-19/h8-9,11,18H,4-7,10H2,1-3H3/t11-/m0/s1. The molecule has 0 radical (unpaired) electrons. The number of methoxy groups -OCH3 is 1. The van der Waals surface area contributed by atoms with E-state index < -0.39 is 0 Å². The summed E-state index contributed by atoms with van der Waals surface area (Å²) in [6.45, 7) is 6.99. The van der Waals surface area contributed by atoms with Crippen molar-refractivity contribution in [2.45, 2.75) is 26.3 Å². The Morgan fingerprint density at radius 2 is 2.27 bits per heavy atom. The molecular weight excluding hydrogens is 348 g/mol. The van der Waals surface area contributed by atoms with Gasteiger partial charge in [-0.05, 0) is 41.4 Å². The van der Waals surface area contributed by atoms with E-state index in [0.29, 0.717) is 36.3 Å². The Morgan fingerprint density at radius 3 is 2.91 bits per heavy atom. The van der Waals surface area contributed by atoms with Crippen LogP contribution >= 0.6 is 15.9 Å². The van der Waals surface area contributed by atoms with E-state index in [1.807, 2.05) is 17.9 Å². The van der Waals surface area contributed by atoms with Crippen LogP contribution in [0, 0.1) is 0 Å². The number of nitrogens with one attached hydrogen (secondary N) is 1. The molecule has 1 aliphatic heterocycles. The number of halogens is 1. The Bertz CT molecular complexity index is 536. The maximum atomic E-state index is 12.7. The zero-order chi connectivity index (χ0) is 16.1. The summed E-state index contributed by atoms with van der Waals surface area (Å²) in [5.41, 5.74) is 0.613. The Labute approximate surface area is 140 Å². The van der Waals surface area contributed by atoms with E-state index in [-0.39, 0.29) is 5.91 Å². The molecule has 0 saturated carbocycles. The first-order valence-electron chi connectivity index (χ1n) is 7.59. The molecule has 1 saturated heterocycles. The molecule has 1 N–H and O–H groups in total. The number of amides is 1. The number of nitrogens with zero attached hydrogens (tertiary/aromatic N) is 1. The zero-order valence-corrected chi connectivity index (χ0v) is 14.9. The third kappa shape index (κ3) is 3.93. The molecule has 0 spiro atoms. The van der Waals surface area contributed by atoms with Crippen LogP contribution in [0.25, 0.3) is 0 Å². The lowest BCUT2D eigenvalue weighted by Crippen LogP contribution is -2.51. The highest BCUT2D eigenvalue weighted by atomic mass is 79.9. The summed E-state index contributed by atoms with van der Waals surface area (Å²) in [5.74, 6) is 1.25. The quantitative estimate of drug-likeness (QED) is 0.865. The molecule has 1 aromatic rings. The van der Waals surface area contributed by atoms with Crippen molar-refractivity contribution in [2.75, 3.05) is 33.4 Å². The molecular formula is C16H23BrN2O3. The van der Waals surface area contributed by atoms with E-state index in [1.54, 1.807) is 13.2 Å². The number of hydrogen-bond acceptors (Lipinski definition) is 4. The van der Waals surface area contributed by atoms with E-state index in [4.69, 9.17) is 9.47 Å². The molecule has 1 amide bonds. The van der Waals surface area contributed by atoms with Crippen LogP contribution in [0.1, 0.15) is 30.6 Å². The van der Waals surface area contributed by atoms with Crippen LogP contribution in [0.5, 0.6) is 11.5 Å². The van der Waals surface area contributed by atoms with E-state index in [9.17, 15) is 4.79 Å². The highest BCUT2D eigenvalue weighted by Crippen LogP contribution is 2.37. The van der Waals surface area contributed by atoms with Crippen molar-refractivity contribution in [1.82, 2.24) is 10.2 Å². The van der Waals surface area contributed by atoms with Gasteiger partial charge in [0.25, 0.3) is 5.91 Å². The van der Waals surface area contributed by atoms with Crippen molar-refractivity contribution < 1.29 is 14.3 Å². The zero-order valence-electron chi connectivity index (χ0n) is 13.3. The molecule has 1 fully saturated rings. The molecule has 0 aromatic heterocycles. The third-order valence-electron chi connectivity index (χ3n) is 3.58. The van der Waals surface area contributed by atoms with Gasteiger partial charge in [-0.15, -0.1) is 0 Å². The first-order chi connectivity index (χ1) is 10.6. The SMILES string of the molecule is CCCOc1c(Br)cc(C(=O)N2CCN[C@@H](C)C2)cc1OC. The summed E-state index contributed by atoms with van der Waals surface area (Å²) in [6.07, 6.45) is 0.912. The minimum atomic E-state index is 0.0226. The van der Waals surface area contributed by atoms with Crippen molar-refractivity contribution in [2.24, 2.45) is 0 Å². The molecule has 0 aliphatic carbocycles. The van der Waals surface area contributed by atoms with Gasteiger partial charge in [0, 0.05) is 31.2 Å². The summed E-state index contributed by atoms with van der Waals surface area (Å²) in [4.78, 5) is 14.5. The highest BCUT2D eigenvalue weighted by molar-refractivity contribution is 9.10. The summed E-state index contributed by atoms with van der Waals surface area (Å²) in [5, 5.41) is 3.34. The molecule has 6 heteroatoms. The van der Waals surface area contributed by atoms with Crippen molar-refractivity contribution in [3.63, 3.8) is 0 Å². The summed E-state index contributed by atoms with van der Waals surface area (Å²) in [6, 6.07) is 3.88. The third-order valence-corrected chi connectivity index (χ3v) is 4.17. The molecule has 5 nitrogen and oxygen atoms in total. The molecule has 0 bridgehead atoms. The minimum absolute atomic E-state index is 0.0226. The van der Waals surface area contributed by atoms with E-state index in [1.165, 1.54) is 0 Å². The van der Waals surface area contributed by atoms with E-state index >= 15 is 0 Å². The molecule has 0 unspecified atom stereocenters. The normalized spacial score (nSPS) is 18.2. The van der Waals surface area contributed by atoms with Crippen molar-refractivity contribution in [3.05, 3.63) is 22.2 Å². The average molecular weight is 371 g/mol. The van der Waals surface area contributed by atoms with Gasteiger partial charge >= 0.3 is 0 Å². The van der Waals surface area contributed by atoms with Gasteiger partial charge in [-0.1, -0.05) is 6.92 Å². The van der Waals surface area contributed by atoms with Crippen LogP contribution in [0.15, 0.2) is 16.6 Å². The predicted octanol–water partition coefficient (Wildman–Crippen LogP) is 2.68. The molecule has 1 aliphatic rings. The van der Waals surface area contributed by atoms with Gasteiger partial charge in [-0.25, -0.2) is 0 Å². The Kier molecular flexibility index (Phi) is 6.08. The number of carbonyl (C=O) groups is 1. The van der Waals surface area contributed by atoms with Crippen molar-refractivity contribution in [3.8, 4) is 11.5 Å². The lowest BCUT2D eigenvalue weighted by atomic mass is 10.1. The summed E-state index contributed by atoms with van der Waals surface area (Å²) < 4.78 is 11.8. The van der Waals surface area contributed by atoms with Gasteiger partial charge in [0.2, 0.25) is 0 Å². The second-order valence-corrected chi connectivity index (χ2v) is 6.30. The number of ether oxygens (including phenoxy) is 2. The van der Waals surface area contributed by atoms with Crippen LogP contribution in [-0.4, -0.2) is 50.2 Å². The van der Waals surface area contributed by atoms with E-state index in [2.05, 4.69) is 28.2 Å². The van der Waals surface area contributed by atoms with Crippen LogP contribution in [0.4, 0.5) is 0 Å². The van der Waals surface area contributed by atoms with Gasteiger partial charge in [-0.3, -0.25) is 4.79 Å². The second-order valence-electron chi connectivity index (χ2n) is 5.44. The fraction of sp³-hybridized carbons (Fsp3) is 0.562. The largest absolute Gasteiger partial charge is 0.493 e. The van der Waals surface area contributed by atoms with Gasteiger partial charge in [0.1, 0.15) is 0 Å². The van der Waals surface area contributed by atoms with E-state index in [0.717, 1.165) is 24.0 Å². The van der Waals surface area contributed by atoms with Crippen LogP contribution < -0.4 is 14.8 Å². The van der Waals surface area contributed by atoms with Gasteiger partial charge in [0.15, 0.2) is 11.5 Å². The topological polar surface area (TPSA) is 50.8 Å². The van der Waals surface area contributed by atoms with Gasteiger partial charge in [-0.2, -0.15) is 0 Å². The molecule has 2 rings (SSSR count). The van der Waals surface area contributed by atoms with Crippen molar-refractivity contribution in [1.29, 1.82) is 0 Å². The number of carbonyl (C=O) groups excluding carboxylic acids is 1. The highest BCUT2D eigenvalue weighted by Gasteiger charge is 2.23. The fourth-order valence-electron chi connectivity index (χ4n) is 2.49. The summed E-state index contributed by atoms with van der Waals surface area (Å²) in [7, 11) is 1.59. The Balaban J connectivity index is 2.24. The number of benzene rings is 1. The fourth-order valence-corrected chi connectivity index (χ4v) is 3.04. The first-order valence-corrected chi connectivity index (χ1v) is 8.39. The monoisotopic (exact) mass is 370 g/mol. The van der Waals surface area contributed by atoms with Gasteiger partial charge in [0.05, 0.1) is 18.2 Å². The smallest absolute Gasteiger partial charge is 0.254 e. The number of hydrogen-bond donors (Lipinski definition) is 1. The average Bonchev–Trinajstić information content (AvgIpc) is 2.52. The second kappa shape index (κ2) is 7.83. The lowest BCUT2D eigenvalue weighted by Gasteiger charge is -2.32. The lowest BCUT2D eigenvalue weighted by molar-refractivity contribution is 0.0708. The summed E-state index contributed by atoms with van der Waals surface area (Å²) >= 11 is 3.49. The van der Waals surface area contributed by atoms with Gasteiger partial charge < -0.3 is 19.7 Å². The minimum Gasteiger partial charge on any atom is -0.493 e. The molecule has 122 valence electrons.